The number of benzene rings is 1. The van der Waals surface area contributed by atoms with E-state index in [1.165, 1.54) is 11.3 Å². The molecule has 3 atom stereocenters. The monoisotopic (exact) mass is 593 g/mol. The molecule has 6 rings (SSSR count). The van der Waals surface area contributed by atoms with Gasteiger partial charge in [-0.2, -0.15) is 0 Å². The van der Waals surface area contributed by atoms with Crippen molar-refractivity contribution in [3.8, 4) is 5.75 Å². The van der Waals surface area contributed by atoms with Crippen LogP contribution in [0.4, 0.5) is 16.2 Å². The number of aromatic nitrogens is 1. The fourth-order valence-electron chi connectivity index (χ4n) is 6.14. The Hall–Kier alpha value is -3.57. The molecule has 0 saturated carbocycles. The van der Waals surface area contributed by atoms with Crippen LogP contribution in [0, 0.1) is 6.92 Å². The first-order chi connectivity index (χ1) is 20.0. The summed E-state index contributed by atoms with van der Waals surface area (Å²) in [7, 11) is 0. The van der Waals surface area contributed by atoms with Crippen LogP contribution in [0.1, 0.15) is 61.0 Å². The SMILES string of the molecule is Cc1ccc2c(N)c(C(=O)N[C@H]3COc4cc(N5C[C@H](NC(=O)OC(C)(C)C)[C@@]6(CCCCO6)C5)ccc4C3)sc2n1. The molecule has 11 heteroatoms. The summed E-state index contributed by atoms with van der Waals surface area (Å²) in [5, 5.41) is 7.00. The van der Waals surface area contributed by atoms with E-state index in [2.05, 4.69) is 38.7 Å². The maximum Gasteiger partial charge on any atom is 0.408 e. The second kappa shape index (κ2) is 10.9. The van der Waals surface area contributed by atoms with Crippen molar-refractivity contribution in [2.75, 3.05) is 36.9 Å². The summed E-state index contributed by atoms with van der Waals surface area (Å²) in [6.07, 6.45) is 3.20. The number of ether oxygens (including phenoxy) is 3. The lowest BCUT2D eigenvalue weighted by Crippen LogP contribution is -2.55. The van der Waals surface area contributed by atoms with Crippen molar-refractivity contribution in [3.63, 3.8) is 0 Å². The minimum absolute atomic E-state index is 0.178. The molecule has 3 aliphatic heterocycles. The molecule has 0 radical (unpaired) electrons. The summed E-state index contributed by atoms with van der Waals surface area (Å²) in [6, 6.07) is 9.64. The second-order valence-electron chi connectivity index (χ2n) is 12.6. The number of fused-ring (bicyclic) bond motifs is 2. The summed E-state index contributed by atoms with van der Waals surface area (Å²) in [5.74, 6) is 0.599. The minimum atomic E-state index is -0.572. The van der Waals surface area contributed by atoms with Gasteiger partial charge in [-0.05, 0) is 77.1 Å². The number of carbonyl (C=O) groups excluding carboxylic acids is 2. The first kappa shape index (κ1) is 28.5. The Bertz CT molecular complexity index is 1510. The number of pyridine rings is 1. The van der Waals surface area contributed by atoms with Gasteiger partial charge in [-0.15, -0.1) is 11.3 Å². The number of nitrogens with two attached hydrogens (primary N) is 1. The molecule has 5 heterocycles. The van der Waals surface area contributed by atoms with Crippen molar-refractivity contribution in [2.45, 2.75) is 76.7 Å². The van der Waals surface area contributed by atoms with Crippen molar-refractivity contribution >= 4 is 44.9 Å². The normalized spacial score (nSPS) is 23.9. The molecule has 0 unspecified atom stereocenters. The number of nitrogens with one attached hydrogen (secondary N) is 2. The maximum atomic E-state index is 13.1. The molecule has 2 amide bonds. The number of carbonyl (C=O) groups is 2. The van der Waals surface area contributed by atoms with Gasteiger partial charge in [0.1, 0.15) is 33.3 Å². The van der Waals surface area contributed by atoms with Gasteiger partial charge >= 0.3 is 6.09 Å². The van der Waals surface area contributed by atoms with Crippen molar-refractivity contribution in [1.82, 2.24) is 15.6 Å². The van der Waals surface area contributed by atoms with Gasteiger partial charge in [0.05, 0.1) is 17.8 Å². The molecule has 1 spiro atoms. The topological polar surface area (TPSA) is 128 Å². The highest BCUT2D eigenvalue weighted by Crippen LogP contribution is 2.39. The van der Waals surface area contributed by atoms with Gasteiger partial charge < -0.3 is 35.5 Å². The third-order valence-electron chi connectivity index (χ3n) is 8.17. The van der Waals surface area contributed by atoms with Gasteiger partial charge in [-0.1, -0.05) is 6.07 Å². The highest BCUT2D eigenvalue weighted by atomic mass is 32.1. The highest BCUT2D eigenvalue weighted by Gasteiger charge is 2.50. The number of hydrogen-bond donors (Lipinski definition) is 3. The standard InChI is InChI=1S/C31H39N5O5S/c1-18-7-10-22-25(32)26(42-28(22)33-18)27(37)34-20-13-19-8-9-21(14-23(19)39-16-20)36-15-24(35-29(38)41-30(2,3)4)31(17-36)11-5-6-12-40-31/h7-10,14,20,24H,5-6,11-13,15-17,32H2,1-4H3,(H,34,37)(H,35,38)/t20-,24+,31-/m1/s1. The Balaban J connectivity index is 1.13. The summed E-state index contributed by atoms with van der Waals surface area (Å²) in [4.78, 5) is 33.8. The fourth-order valence-corrected chi connectivity index (χ4v) is 7.18. The van der Waals surface area contributed by atoms with Gasteiger partial charge in [0.15, 0.2) is 0 Å². The Kier molecular flexibility index (Phi) is 7.43. The van der Waals surface area contributed by atoms with Crippen LogP contribution in [0.3, 0.4) is 0 Å². The zero-order valence-electron chi connectivity index (χ0n) is 24.6. The number of nitrogen functional groups attached to an aromatic ring is 1. The first-order valence-electron chi connectivity index (χ1n) is 14.6. The molecule has 10 nitrogen and oxygen atoms in total. The van der Waals surface area contributed by atoms with Crippen LogP contribution in [0.2, 0.25) is 0 Å². The number of hydrogen-bond acceptors (Lipinski definition) is 9. The first-order valence-corrected chi connectivity index (χ1v) is 15.4. The van der Waals surface area contributed by atoms with Gasteiger partial charge in [-0.25, -0.2) is 9.78 Å². The molecule has 224 valence electrons. The highest BCUT2D eigenvalue weighted by molar-refractivity contribution is 7.21. The van der Waals surface area contributed by atoms with E-state index in [-0.39, 0.29) is 18.0 Å². The van der Waals surface area contributed by atoms with Crippen LogP contribution >= 0.6 is 11.3 Å². The molecule has 1 aromatic carbocycles. The Labute approximate surface area is 249 Å². The van der Waals surface area contributed by atoms with Crippen molar-refractivity contribution < 1.29 is 23.8 Å². The van der Waals surface area contributed by atoms with Crippen LogP contribution in [-0.4, -0.2) is 66.6 Å². The zero-order valence-corrected chi connectivity index (χ0v) is 25.4. The van der Waals surface area contributed by atoms with E-state index in [4.69, 9.17) is 19.9 Å². The molecule has 0 aliphatic carbocycles. The third kappa shape index (κ3) is 5.72. The van der Waals surface area contributed by atoms with E-state index in [0.29, 0.717) is 43.3 Å². The number of thiophene rings is 1. The van der Waals surface area contributed by atoms with Crippen LogP contribution < -0.4 is 26.0 Å². The van der Waals surface area contributed by atoms with Crippen molar-refractivity contribution in [2.24, 2.45) is 0 Å². The predicted octanol–water partition coefficient (Wildman–Crippen LogP) is 4.57. The van der Waals surface area contributed by atoms with Gasteiger partial charge in [0.25, 0.3) is 5.91 Å². The van der Waals surface area contributed by atoms with Crippen LogP contribution in [0.5, 0.6) is 5.75 Å². The van der Waals surface area contributed by atoms with E-state index in [1.54, 1.807) is 0 Å². The molecule has 3 aromatic rings. The zero-order chi connectivity index (χ0) is 29.6. The average molecular weight is 594 g/mol. The van der Waals surface area contributed by atoms with E-state index in [9.17, 15) is 9.59 Å². The number of anilines is 2. The number of amides is 2. The second-order valence-corrected chi connectivity index (χ2v) is 13.6. The summed E-state index contributed by atoms with van der Waals surface area (Å²) in [6.45, 7) is 9.84. The number of alkyl carbamates (subject to hydrolysis) is 1. The quantitative estimate of drug-likeness (QED) is 0.401. The Morgan fingerprint density at radius 1 is 1.19 bits per heavy atom. The van der Waals surface area contributed by atoms with E-state index < -0.39 is 17.3 Å². The van der Waals surface area contributed by atoms with Crippen molar-refractivity contribution in [3.05, 3.63) is 46.5 Å². The molecule has 0 bridgehead atoms. The number of aryl methyl sites for hydroxylation is 1. The Morgan fingerprint density at radius 3 is 2.79 bits per heavy atom. The van der Waals surface area contributed by atoms with Gasteiger partial charge in [-0.3, -0.25) is 4.79 Å². The lowest BCUT2D eigenvalue weighted by molar-refractivity contribution is -0.0788. The minimum Gasteiger partial charge on any atom is -0.491 e. The molecule has 42 heavy (non-hydrogen) atoms. The molecule has 2 aromatic heterocycles. The average Bonchev–Trinajstić information content (AvgIpc) is 3.44. The van der Waals surface area contributed by atoms with Crippen LogP contribution in [0.25, 0.3) is 10.2 Å². The lowest BCUT2D eigenvalue weighted by atomic mass is 9.89. The maximum absolute atomic E-state index is 13.1. The lowest BCUT2D eigenvalue weighted by Gasteiger charge is -2.38. The molecule has 2 fully saturated rings. The summed E-state index contributed by atoms with van der Waals surface area (Å²) < 4.78 is 18.1. The van der Waals surface area contributed by atoms with Gasteiger partial charge in [0, 0.05) is 42.5 Å². The van der Waals surface area contributed by atoms with E-state index in [0.717, 1.165) is 52.2 Å². The predicted molar refractivity (Wildman–Crippen MR) is 164 cm³/mol. The van der Waals surface area contributed by atoms with Gasteiger partial charge in [0.2, 0.25) is 0 Å². The number of nitrogens with zero attached hydrogens (tertiary/aromatic N) is 2. The largest absolute Gasteiger partial charge is 0.491 e. The van der Waals surface area contributed by atoms with E-state index in [1.807, 2.05) is 39.8 Å². The van der Waals surface area contributed by atoms with Crippen LogP contribution in [-0.2, 0) is 15.9 Å². The molecule has 4 N–H and O–H groups in total. The molecule has 3 aliphatic rings. The molecular weight excluding hydrogens is 554 g/mol. The van der Waals surface area contributed by atoms with Crippen LogP contribution in [0.15, 0.2) is 30.3 Å². The Morgan fingerprint density at radius 2 is 2.02 bits per heavy atom. The summed E-state index contributed by atoms with van der Waals surface area (Å²) >= 11 is 1.31. The third-order valence-corrected chi connectivity index (χ3v) is 9.28. The molecule has 2 saturated heterocycles. The fraction of sp³-hybridized carbons (Fsp3) is 0.516. The van der Waals surface area contributed by atoms with Crippen molar-refractivity contribution in [1.29, 1.82) is 0 Å². The molecular formula is C31H39N5O5S. The smallest absolute Gasteiger partial charge is 0.408 e. The van der Waals surface area contributed by atoms with E-state index >= 15 is 0 Å². The summed E-state index contributed by atoms with van der Waals surface area (Å²) in [5.41, 5.74) is 8.67. The number of rotatable bonds is 4.